The van der Waals surface area contributed by atoms with Crippen molar-refractivity contribution in [2.75, 3.05) is 6.54 Å². The predicted octanol–water partition coefficient (Wildman–Crippen LogP) is 3.76. The summed E-state index contributed by atoms with van der Waals surface area (Å²) in [5.74, 6) is 1.51. The van der Waals surface area contributed by atoms with Crippen molar-refractivity contribution in [1.82, 2.24) is 5.32 Å². The highest BCUT2D eigenvalue weighted by Gasteiger charge is 2.10. The van der Waals surface area contributed by atoms with E-state index in [0.717, 1.165) is 16.5 Å². The third-order valence-corrected chi connectivity index (χ3v) is 3.34. The lowest BCUT2D eigenvalue weighted by Crippen LogP contribution is -2.21. The van der Waals surface area contributed by atoms with Crippen LogP contribution in [0, 0.1) is 0 Å². The van der Waals surface area contributed by atoms with E-state index >= 15 is 0 Å². The van der Waals surface area contributed by atoms with Crippen LogP contribution in [0.4, 0.5) is 0 Å². The maximum absolute atomic E-state index is 11.7. The fraction of sp³-hybridized carbons (Fsp3) is 0.167. The Morgan fingerprint density at radius 3 is 2.77 bits per heavy atom. The van der Waals surface area contributed by atoms with Gasteiger partial charge in [0.15, 0.2) is 5.76 Å². The van der Waals surface area contributed by atoms with E-state index in [0.29, 0.717) is 18.1 Å². The summed E-state index contributed by atoms with van der Waals surface area (Å²) in [7, 11) is 0. The summed E-state index contributed by atoms with van der Waals surface area (Å²) in [6.45, 7) is 2.72. The Labute approximate surface area is 128 Å². The SMILES string of the molecule is CCNC(=O)c1ccc(COc2cccc3ccccc23)o1. The van der Waals surface area contributed by atoms with Crippen LogP contribution in [0.25, 0.3) is 10.8 Å². The van der Waals surface area contributed by atoms with Crippen LogP contribution in [0.15, 0.2) is 59.0 Å². The zero-order valence-electron chi connectivity index (χ0n) is 12.3. The molecular weight excluding hydrogens is 278 g/mol. The van der Waals surface area contributed by atoms with Gasteiger partial charge < -0.3 is 14.5 Å². The predicted molar refractivity (Wildman–Crippen MR) is 85.0 cm³/mol. The van der Waals surface area contributed by atoms with E-state index in [4.69, 9.17) is 9.15 Å². The summed E-state index contributed by atoms with van der Waals surface area (Å²) >= 11 is 0. The number of fused-ring (bicyclic) bond motifs is 1. The maximum Gasteiger partial charge on any atom is 0.286 e. The maximum atomic E-state index is 11.7. The number of rotatable bonds is 5. The molecule has 3 rings (SSSR count). The van der Waals surface area contributed by atoms with Crippen molar-refractivity contribution < 1.29 is 13.9 Å². The summed E-state index contributed by atoms with van der Waals surface area (Å²) in [6.07, 6.45) is 0. The molecule has 0 atom stereocenters. The fourth-order valence-electron chi connectivity index (χ4n) is 2.30. The molecule has 0 fully saturated rings. The molecule has 1 amide bonds. The minimum Gasteiger partial charge on any atom is -0.485 e. The van der Waals surface area contributed by atoms with Crippen molar-refractivity contribution in [3.63, 3.8) is 0 Å². The van der Waals surface area contributed by atoms with Gasteiger partial charge in [-0.05, 0) is 30.5 Å². The smallest absolute Gasteiger partial charge is 0.286 e. The van der Waals surface area contributed by atoms with Crippen molar-refractivity contribution in [2.45, 2.75) is 13.5 Å². The number of carbonyl (C=O) groups excluding carboxylic acids is 1. The molecule has 0 saturated heterocycles. The second-order valence-electron chi connectivity index (χ2n) is 4.89. The first-order valence-corrected chi connectivity index (χ1v) is 7.25. The van der Waals surface area contributed by atoms with Gasteiger partial charge >= 0.3 is 0 Å². The van der Waals surface area contributed by atoms with Gasteiger partial charge in [0.25, 0.3) is 5.91 Å². The van der Waals surface area contributed by atoms with Crippen LogP contribution >= 0.6 is 0 Å². The van der Waals surface area contributed by atoms with Gasteiger partial charge in [0.1, 0.15) is 18.1 Å². The molecule has 0 aliphatic heterocycles. The molecule has 1 heterocycles. The highest BCUT2D eigenvalue weighted by Crippen LogP contribution is 2.26. The van der Waals surface area contributed by atoms with Gasteiger partial charge in [0.05, 0.1) is 0 Å². The Morgan fingerprint density at radius 1 is 1.09 bits per heavy atom. The number of ether oxygens (including phenoxy) is 1. The first-order chi connectivity index (χ1) is 10.8. The summed E-state index contributed by atoms with van der Waals surface area (Å²) in [5, 5.41) is 4.88. The molecule has 0 spiro atoms. The average molecular weight is 295 g/mol. The van der Waals surface area contributed by atoms with Crippen LogP contribution < -0.4 is 10.1 Å². The second kappa shape index (κ2) is 6.35. The molecule has 0 aliphatic carbocycles. The normalized spacial score (nSPS) is 10.6. The third kappa shape index (κ3) is 2.96. The Morgan fingerprint density at radius 2 is 1.91 bits per heavy atom. The molecule has 112 valence electrons. The Balaban J connectivity index is 1.73. The van der Waals surface area contributed by atoms with E-state index in [1.165, 1.54) is 0 Å². The fourth-order valence-corrected chi connectivity index (χ4v) is 2.30. The largest absolute Gasteiger partial charge is 0.485 e. The van der Waals surface area contributed by atoms with E-state index < -0.39 is 0 Å². The Bertz CT molecular complexity index is 786. The molecule has 0 saturated carbocycles. The van der Waals surface area contributed by atoms with Crippen LogP contribution in [0.3, 0.4) is 0 Å². The summed E-state index contributed by atoms with van der Waals surface area (Å²) in [4.78, 5) is 11.7. The number of amides is 1. The molecule has 4 heteroatoms. The number of benzene rings is 2. The van der Waals surface area contributed by atoms with Crippen molar-refractivity contribution in [3.05, 3.63) is 66.1 Å². The number of carbonyl (C=O) groups is 1. The molecule has 0 aliphatic rings. The molecule has 1 N–H and O–H groups in total. The van der Waals surface area contributed by atoms with Gasteiger partial charge in [-0.1, -0.05) is 36.4 Å². The van der Waals surface area contributed by atoms with Crippen LogP contribution in [-0.2, 0) is 6.61 Å². The van der Waals surface area contributed by atoms with Gasteiger partial charge in [0, 0.05) is 11.9 Å². The molecule has 1 aromatic heterocycles. The van der Waals surface area contributed by atoms with E-state index in [1.807, 2.05) is 49.4 Å². The summed E-state index contributed by atoms with van der Waals surface area (Å²) in [5.41, 5.74) is 0. The van der Waals surface area contributed by atoms with E-state index in [1.54, 1.807) is 12.1 Å². The molecule has 0 unspecified atom stereocenters. The number of hydrogen-bond donors (Lipinski definition) is 1. The van der Waals surface area contributed by atoms with Crippen molar-refractivity contribution in [1.29, 1.82) is 0 Å². The molecular formula is C18H17NO3. The standard InChI is InChI=1S/C18H17NO3/c1-2-19-18(20)17-11-10-14(22-17)12-21-16-9-5-7-13-6-3-4-8-15(13)16/h3-11H,2,12H2,1H3,(H,19,20). The Kier molecular flexibility index (Phi) is 4.10. The van der Waals surface area contributed by atoms with Crippen LogP contribution in [0.5, 0.6) is 5.75 Å². The van der Waals surface area contributed by atoms with E-state index in [-0.39, 0.29) is 12.5 Å². The molecule has 2 aromatic carbocycles. The molecule has 4 nitrogen and oxygen atoms in total. The highest BCUT2D eigenvalue weighted by molar-refractivity contribution is 5.91. The minimum atomic E-state index is -0.209. The van der Waals surface area contributed by atoms with Crippen molar-refractivity contribution in [3.8, 4) is 5.75 Å². The van der Waals surface area contributed by atoms with Gasteiger partial charge in [-0.3, -0.25) is 4.79 Å². The lowest BCUT2D eigenvalue weighted by Gasteiger charge is -2.07. The van der Waals surface area contributed by atoms with E-state index in [2.05, 4.69) is 5.32 Å². The molecule has 22 heavy (non-hydrogen) atoms. The monoisotopic (exact) mass is 295 g/mol. The second-order valence-corrected chi connectivity index (χ2v) is 4.89. The zero-order valence-corrected chi connectivity index (χ0v) is 12.3. The lowest BCUT2D eigenvalue weighted by atomic mass is 10.1. The Hall–Kier alpha value is -2.75. The lowest BCUT2D eigenvalue weighted by molar-refractivity contribution is 0.0924. The van der Waals surface area contributed by atoms with Gasteiger partial charge in [-0.25, -0.2) is 0 Å². The summed E-state index contributed by atoms with van der Waals surface area (Å²) in [6, 6.07) is 17.4. The number of nitrogens with one attached hydrogen (secondary N) is 1. The summed E-state index contributed by atoms with van der Waals surface area (Å²) < 4.78 is 11.3. The molecule has 3 aromatic rings. The first-order valence-electron chi connectivity index (χ1n) is 7.25. The van der Waals surface area contributed by atoms with Gasteiger partial charge in [0.2, 0.25) is 0 Å². The van der Waals surface area contributed by atoms with Crippen LogP contribution in [0.2, 0.25) is 0 Å². The van der Waals surface area contributed by atoms with Crippen LogP contribution in [-0.4, -0.2) is 12.5 Å². The van der Waals surface area contributed by atoms with Gasteiger partial charge in [-0.2, -0.15) is 0 Å². The molecule has 0 bridgehead atoms. The first kappa shape index (κ1) is 14.2. The van der Waals surface area contributed by atoms with Crippen molar-refractivity contribution in [2.24, 2.45) is 0 Å². The topological polar surface area (TPSA) is 51.5 Å². The average Bonchev–Trinajstić information content (AvgIpc) is 3.02. The van der Waals surface area contributed by atoms with E-state index in [9.17, 15) is 4.79 Å². The number of furan rings is 1. The zero-order chi connectivity index (χ0) is 15.4. The number of hydrogen-bond acceptors (Lipinski definition) is 3. The van der Waals surface area contributed by atoms with Crippen molar-refractivity contribution >= 4 is 16.7 Å². The molecule has 0 radical (unpaired) electrons. The quantitative estimate of drug-likeness (QED) is 0.779. The van der Waals surface area contributed by atoms with Gasteiger partial charge in [-0.15, -0.1) is 0 Å². The van der Waals surface area contributed by atoms with Crippen LogP contribution in [0.1, 0.15) is 23.2 Å². The minimum absolute atomic E-state index is 0.209. The highest BCUT2D eigenvalue weighted by atomic mass is 16.5. The third-order valence-electron chi connectivity index (χ3n) is 3.34.